The normalized spacial score (nSPS) is 11.1. The van der Waals surface area contributed by atoms with Gasteiger partial charge in [0.2, 0.25) is 0 Å². The van der Waals surface area contributed by atoms with Crippen molar-refractivity contribution in [2.45, 2.75) is 13.0 Å². The first kappa shape index (κ1) is 11.3. The second-order valence-electron chi connectivity index (χ2n) is 3.60. The van der Waals surface area contributed by atoms with Crippen molar-refractivity contribution in [2.24, 2.45) is 0 Å². The average Bonchev–Trinajstić information content (AvgIpc) is 2.64. The molecule has 1 aromatic carbocycles. The van der Waals surface area contributed by atoms with Crippen LogP contribution in [0.15, 0.2) is 27.4 Å². The number of fused-ring (bicyclic) bond motifs is 1. The monoisotopic (exact) mass is 238 g/mol. The third-order valence-corrected chi connectivity index (χ3v) is 2.64. The van der Waals surface area contributed by atoms with Crippen molar-refractivity contribution >= 4 is 23.7 Å². The van der Waals surface area contributed by atoms with Crippen LogP contribution in [0.3, 0.4) is 0 Å². The second-order valence-corrected chi connectivity index (χ2v) is 4.05. The van der Waals surface area contributed by atoms with Gasteiger partial charge in [-0.15, -0.1) is 0 Å². The Kier molecular flexibility index (Phi) is 3.69. The fourth-order valence-electron chi connectivity index (χ4n) is 1.55. The molecular formula is C11H14N2O2S. The van der Waals surface area contributed by atoms with Gasteiger partial charge < -0.3 is 9.73 Å². The van der Waals surface area contributed by atoms with Gasteiger partial charge >= 0.3 is 5.76 Å². The van der Waals surface area contributed by atoms with Gasteiger partial charge in [-0.2, -0.15) is 12.6 Å². The Morgan fingerprint density at radius 2 is 2.31 bits per heavy atom. The molecule has 86 valence electrons. The summed E-state index contributed by atoms with van der Waals surface area (Å²) in [6.45, 7) is 1.74. The number of rotatable bonds is 5. The van der Waals surface area contributed by atoms with Crippen LogP contribution in [0.5, 0.6) is 0 Å². The summed E-state index contributed by atoms with van der Waals surface area (Å²) in [6, 6.07) is 5.68. The average molecular weight is 238 g/mol. The van der Waals surface area contributed by atoms with E-state index in [4.69, 9.17) is 4.42 Å². The van der Waals surface area contributed by atoms with Gasteiger partial charge in [0.05, 0.1) is 5.52 Å². The molecule has 5 heteroatoms. The molecule has 0 aliphatic rings. The van der Waals surface area contributed by atoms with Gasteiger partial charge in [0.15, 0.2) is 5.58 Å². The first-order valence-corrected chi connectivity index (χ1v) is 5.86. The van der Waals surface area contributed by atoms with Crippen LogP contribution < -0.4 is 11.1 Å². The largest absolute Gasteiger partial charge is 0.417 e. The van der Waals surface area contributed by atoms with Gasteiger partial charge in [-0.05, 0) is 36.4 Å². The summed E-state index contributed by atoms with van der Waals surface area (Å²) in [4.78, 5) is 13.6. The standard InChI is InChI=1S/C11H14N2O2S/c14-11-13-9-6-8(2-3-10(9)15-11)7-12-4-1-5-16/h2-3,6,12,16H,1,4-5,7H2,(H,13,14). The Bertz CT molecular complexity index is 518. The molecule has 0 atom stereocenters. The maximum Gasteiger partial charge on any atom is 0.417 e. The summed E-state index contributed by atoms with van der Waals surface area (Å²) >= 11 is 4.14. The molecule has 2 rings (SSSR count). The minimum absolute atomic E-state index is 0.407. The van der Waals surface area contributed by atoms with Crippen LogP contribution in [0.4, 0.5) is 0 Å². The molecule has 0 aliphatic heterocycles. The number of nitrogens with one attached hydrogen (secondary N) is 2. The fourth-order valence-corrected chi connectivity index (χ4v) is 1.70. The molecular weight excluding hydrogens is 224 g/mol. The molecule has 2 aromatic rings. The molecule has 4 nitrogen and oxygen atoms in total. The number of benzene rings is 1. The summed E-state index contributed by atoms with van der Waals surface area (Å²) in [5.41, 5.74) is 2.48. The van der Waals surface area contributed by atoms with Crippen molar-refractivity contribution in [1.82, 2.24) is 10.3 Å². The zero-order valence-corrected chi connectivity index (χ0v) is 9.72. The highest BCUT2D eigenvalue weighted by Gasteiger charge is 2.01. The van der Waals surface area contributed by atoms with E-state index in [9.17, 15) is 4.79 Å². The number of aromatic nitrogens is 1. The SMILES string of the molecule is O=c1[nH]c2cc(CNCCCS)ccc2o1. The van der Waals surface area contributed by atoms with Gasteiger partial charge in [-0.3, -0.25) is 4.98 Å². The number of thiol groups is 1. The van der Waals surface area contributed by atoms with E-state index in [0.717, 1.165) is 36.3 Å². The first-order chi connectivity index (χ1) is 7.79. The minimum Gasteiger partial charge on any atom is -0.408 e. The van der Waals surface area contributed by atoms with Gasteiger partial charge in [-0.25, -0.2) is 4.79 Å². The van der Waals surface area contributed by atoms with Gasteiger partial charge in [0.25, 0.3) is 0 Å². The Hall–Kier alpha value is -1.20. The molecule has 0 spiro atoms. The lowest BCUT2D eigenvalue weighted by atomic mass is 10.2. The highest BCUT2D eigenvalue weighted by atomic mass is 32.1. The third kappa shape index (κ3) is 2.68. The molecule has 0 bridgehead atoms. The summed E-state index contributed by atoms with van der Waals surface area (Å²) < 4.78 is 4.92. The molecule has 0 amide bonds. The molecule has 16 heavy (non-hydrogen) atoms. The summed E-state index contributed by atoms with van der Waals surface area (Å²) in [5, 5.41) is 3.30. The lowest BCUT2D eigenvalue weighted by Crippen LogP contribution is -2.14. The van der Waals surface area contributed by atoms with E-state index < -0.39 is 5.76 Å². The van der Waals surface area contributed by atoms with Crippen LogP contribution in [-0.2, 0) is 6.54 Å². The Morgan fingerprint density at radius 3 is 3.12 bits per heavy atom. The van der Waals surface area contributed by atoms with E-state index >= 15 is 0 Å². The van der Waals surface area contributed by atoms with Crippen molar-refractivity contribution in [3.63, 3.8) is 0 Å². The third-order valence-electron chi connectivity index (χ3n) is 2.32. The number of aromatic amines is 1. The molecule has 1 aromatic heterocycles. The zero-order valence-electron chi connectivity index (χ0n) is 8.82. The lowest BCUT2D eigenvalue weighted by Gasteiger charge is -2.03. The van der Waals surface area contributed by atoms with E-state index in [2.05, 4.69) is 22.9 Å². The van der Waals surface area contributed by atoms with Gasteiger partial charge in [0.1, 0.15) is 0 Å². The van der Waals surface area contributed by atoms with Crippen molar-refractivity contribution in [3.05, 3.63) is 34.3 Å². The molecule has 0 saturated carbocycles. The Morgan fingerprint density at radius 1 is 1.44 bits per heavy atom. The molecule has 0 saturated heterocycles. The predicted octanol–water partition coefficient (Wildman–Crippen LogP) is 1.53. The number of oxazole rings is 1. The predicted molar refractivity (Wildman–Crippen MR) is 67.0 cm³/mol. The van der Waals surface area contributed by atoms with Crippen molar-refractivity contribution in [2.75, 3.05) is 12.3 Å². The number of H-pyrrole nitrogens is 1. The summed E-state index contributed by atoms with van der Waals surface area (Å²) in [5.74, 6) is 0.483. The second kappa shape index (κ2) is 5.23. The first-order valence-electron chi connectivity index (χ1n) is 5.23. The molecule has 1 heterocycles. The van der Waals surface area contributed by atoms with Crippen LogP contribution >= 0.6 is 12.6 Å². The van der Waals surface area contributed by atoms with Crippen LogP contribution in [-0.4, -0.2) is 17.3 Å². The summed E-state index contributed by atoms with van der Waals surface area (Å²) in [7, 11) is 0. The van der Waals surface area contributed by atoms with Crippen molar-refractivity contribution in [3.8, 4) is 0 Å². The van der Waals surface area contributed by atoms with Crippen molar-refractivity contribution in [1.29, 1.82) is 0 Å². The smallest absolute Gasteiger partial charge is 0.408 e. The zero-order chi connectivity index (χ0) is 11.4. The fraction of sp³-hybridized carbons (Fsp3) is 0.364. The summed E-state index contributed by atoms with van der Waals surface area (Å²) in [6.07, 6.45) is 1.05. The molecule has 2 N–H and O–H groups in total. The van der Waals surface area contributed by atoms with E-state index in [1.54, 1.807) is 0 Å². The van der Waals surface area contributed by atoms with Crippen LogP contribution in [0.25, 0.3) is 11.1 Å². The van der Waals surface area contributed by atoms with E-state index in [0.29, 0.717) is 5.58 Å². The maximum atomic E-state index is 11.0. The van der Waals surface area contributed by atoms with Crippen LogP contribution in [0, 0.1) is 0 Å². The lowest BCUT2D eigenvalue weighted by molar-refractivity contribution is 0.555. The van der Waals surface area contributed by atoms with Gasteiger partial charge in [-0.1, -0.05) is 6.07 Å². The van der Waals surface area contributed by atoms with E-state index in [1.165, 1.54) is 0 Å². The van der Waals surface area contributed by atoms with Crippen LogP contribution in [0.1, 0.15) is 12.0 Å². The highest BCUT2D eigenvalue weighted by molar-refractivity contribution is 7.80. The van der Waals surface area contributed by atoms with Crippen LogP contribution in [0.2, 0.25) is 0 Å². The highest BCUT2D eigenvalue weighted by Crippen LogP contribution is 2.11. The van der Waals surface area contributed by atoms with Crippen molar-refractivity contribution < 1.29 is 4.42 Å². The number of hydrogen-bond donors (Lipinski definition) is 3. The maximum absolute atomic E-state index is 11.0. The molecule has 0 unspecified atom stereocenters. The minimum atomic E-state index is -0.407. The molecule has 0 aliphatic carbocycles. The van der Waals surface area contributed by atoms with Gasteiger partial charge in [0, 0.05) is 6.54 Å². The van der Waals surface area contributed by atoms with E-state index in [1.807, 2.05) is 18.2 Å². The molecule has 0 fully saturated rings. The molecule has 0 radical (unpaired) electrons. The van der Waals surface area contributed by atoms with E-state index in [-0.39, 0.29) is 0 Å². The quantitative estimate of drug-likeness (QED) is 0.547. The Balaban J connectivity index is 2.04. The Labute approximate surface area is 98.5 Å². The topological polar surface area (TPSA) is 58.0 Å². The number of hydrogen-bond acceptors (Lipinski definition) is 4.